The fourth-order valence-corrected chi connectivity index (χ4v) is 3.24. The lowest BCUT2D eigenvalue weighted by Gasteiger charge is -2.10. The monoisotopic (exact) mass is 283 g/mol. The van der Waals surface area contributed by atoms with Gasteiger partial charge in [-0.2, -0.15) is 0 Å². The molecule has 2 aromatic heterocycles. The molecule has 3 N–H and O–H groups in total. The highest BCUT2D eigenvalue weighted by atomic mass is 32.1. The van der Waals surface area contributed by atoms with E-state index >= 15 is 0 Å². The van der Waals surface area contributed by atoms with Crippen LogP contribution in [0.4, 0.5) is 11.4 Å². The molecular formula is C16H17N3S. The molecule has 20 heavy (non-hydrogen) atoms. The summed E-state index contributed by atoms with van der Waals surface area (Å²) >= 11 is 1.83. The molecule has 4 heteroatoms. The van der Waals surface area contributed by atoms with Crippen molar-refractivity contribution >= 4 is 33.6 Å². The Morgan fingerprint density at radius 1 is 1.25 bits per heavy atom. The highest BCUT2D eigenvalue weighted by molar-refractivity contribution is 7.12. The molecule has 0 aliphatic rings. The zero-order valence-electron chi connectivity index (χ0n) is 11.6. The molecule has 2 heterocycles. The summed E-state index contributed by atoms with van der Waals surface area (Å²) in [4.78, 5) is 7.01. The number of aromatic nitrogens is 1. The average Bonchev–Trinajstić information content (AvgIpc) is 2.77. The first-order chi connectivity index (χ1) is 9.65. The quantitative estimate of drug-likeness (QED) is 0.711. The summed E-state index contributed by atoms with van der Waals surface area (Å²) < 4.78 is 0. The maximum atomic E-state index is 6.22. The Morgan fingerprint density at radius 2 is 2.10 bits per heavy atom. The van der Waals surface area contributed by atoms with Gasteiger partial charge in [0.2, 0.25) is 0 Å². The van der Waals surface area contributed by atoms with Crippen molar-refractivity contribution in [3.05, 3.63) is 51.8 Å². The van der Waals surface area contributed by atoms with Crippen LogP contribution in [0.5, 0.6) is 0 Å². The number of thiophene rings is 1. The molecule has 3 rings (SSSR count). The summed E-state index contributed by atoms with van der Waals surface area (Å²) in [5.41, 5.74) is 10.2. The lowest BCUT2D eigenvalue weighted by atomic mass is 10.1. The van der Waals surface area contributed by atoms with Crippen molar-refractivity contribution in [1.82, 2.24) is 4.98 Å². The van der Waals surface area contributed by atoms with Gasteiger partial charge in [-0.05, 0) is 49.7 Å². The summed E-state index contributed by atoms with van der Waals surface area (Å²) in [5, 5.41) is 4.42. The van der Waals surface area contributed by atoms with Gasteiger partial charge in [-0.1, -0.05) is 0 Å². The number of nitrogens with zero attached hydrogens (tertiary/aromatic N) is 1. The van der Waals surface area contributed by atoms with Crippen molar-refractivity contribution in [3.63, 3.8) is 0 Å². The first kappa shape index (κ1) is 12.9. The van der Waals surface area contributed by atoms with E-state index in [-0.39, 0.29) is 0 Å². The molecule has 3 aromatic rings. The van der Waals surface area contributed by atoms with E-state index in [1.807, 2.05) is 35.6 Å². The summed E-state index contributed by atoms with van der Waals surface area (Å²) in [6.45, 7) is 5.10. The van der Waals surface area contributed by atoms with E-state index in [2.05, 4.69) is 30.2 Å². The number of nitrogen functional groups attached to an aromatic ring is 1. The zero-order chi connectivity index (χ0) is 14.1. The highest BCUT2D eigenvalue weighted by Crippen LogP contribution is 2.28. The summed E-state index contributed by atoms with van der Waals surface area (Å²) in [5.74, 6) is 0. The normalized spacial score (nSPS) is 10.9. The van der Waals surface area contributed by atoms with Gasteiger partial charge < -0.3 is 11.1 Å². The van der Waals surface area contributed by atoms with E-state index in [1.165, 1.54) is 15.3 Å². The van der Waals surface area contributed by atoms with Crippen LogP contribution in [0.25, 0.3) is 10.9 Å². The summed E-state index contributed by atoms with van der Waals surface area (Å²) in [6.07, 6.45) is 1.78. The van der Waals surface area contributed by atoms with Crippen LogP contribution >= 0.6 is 11.3 Å². The maximum Gasteiger partial charge on any atom is 0.0724 e. The van der Waals surface area contributed by atoms with E-state index < -0.39 is 0 Å². The van der Waals surface area contributed by atoms with Gasteiger partial charge in [0.15, 0.2) is 0 Å². The molecular weight excluding hydrogens is 266 g/mol. The second kappa shape index (κ2) is 5.13. The van der Waals surface area contributed by atoms with Crippen molar-refractivity contribution in [1.29, 1.82) is 0 Å². The van der Waals surface area contributed by atoms with Gasteiger partial charge in [0.05, 0.1) is 16.9 Å². The van der Waals surface area contributed by atoms with Gasteiger partial charge in [0, 0.05) is 27.9 Å². The first-order valence-electron chi connectivity index (χ1n) is 6.58. The number of pyridine rings is 1. The van der Waals surface area contributed by atoms with Gasteiger partial charge in [-0.3, -0.25) is 4.98 Å². The molecule has 102 valence electrons. The predicted octanol–water partition coefficient (Wildman–Crippen LogP) is 4.11. The molecule has 0 atom stereocenters. The lowest BCUT2D eigenvalue weighted by Crippen LogP contribution is -2.02. The van der Waals surface area contributed by atoms with Gasteiger partial charge in [-0.15, -0.1) is 11.3 Å². The van der Waals surface area contributed by atoms with Crippen LogP contribution in [-0.4, -0.2) is 4.98 Å². The smallest absolute Gasteiger partial charge is 0.0724 e. The molecule has 3 nitrogen and oxygen atoms in total. The molecule has 0 radical (unpaired) electrons. The predicted molar refractivity (Wildman–Crippen MR) is 87.3 cm³/mol. The SMILES string of the molecule is Cc1cc(CNc2ccc3ncccc3c2N)sc1C. The van der Waals surface area contributed by atoms with Crippen molar-refractivity contribution in [2.24, 2.45) is 0 Å². The van der Waals surface area contributed by atoms with E-state index in [0.717, 1.165) is 28.8 Å². The highest BCUT2D eigenvalue weighted by Gasteiger charge is 2.06. The van der Waals surface area contributed by atoms with Crippen LogP contribution in [-0.2, 0) is 6.54 Å². The first-order valence-corrected chi connectivity index (χ1v) is 7.40. The second-order valence-electron chi connectivity index (χ2n) is 4.90. The number of aryl methyl sites for hydroxylation is 2. The minimum atomic E-state index is 0.764. The fourth-order valence-electron chi connectivity index (χ4n) is 2.25. The van der Waals surface area contributed by atoms with Crippen LogP contribution in [0.2, 0.25) is 0 Å². The zero-order valence-corrected chi connectivity index (χ0v) is 12.4. The largest absolute Gasteiger partial charge is 0.397 e. The topological polar surface area (TPSA) is 50.9 Å². The third-order valence-electron chi connectivity index (χ3n) is 3.50. The standard InChI is InChI=1S/C16H17N3S/c1-10-8-12(20-11(10)2)9-19-15-6-5-14-13(16(15)17)4-3-7-18-14/h3-8,19H,9,17H2,1-2H3. The van der Waals surface area contributed by atoms with Crippen LogP contribution < -0.4 is 11.1 Å². The number of benzene rings is 1. The van der Waals surface area contributed by atoms with E-state index in [9.17, 15) is 0 Å². The number of hydrogen-bond acceptors (Lipinski definition) is 4. The van der Waals surface area contributed by atoms with Crippen molar-refractivity contribution < 1.29 is 0 Å². The number of nitrogens with one attached hydrogen (secondary N) is 1. The van der Waals surface area contributed by atoms with Crippen molar-refractivity contribution in [2.45, 2.75) is 20.4 Å². The number of hydrogen-bond donors (Lipinski definition) is 2. The maximum absolute atomic E-state index is 6.22. The molecule has 0 amide bonds. The Hall–Kier alpha value is -2.07. The third-order valence-corrected chi connectivity index (χ3v) is 4.65. The Morgan fingerprint density at radius 3 is 2.85 bits per heavy atom. The van der Waals surface area contributed by atoms with Crippen LogP contribution in [0.1, 0.15) is 15.3 Å². The number of rotatable bonds is 3. The number of fused-ring (bicyclic) bond motifs is 1. The van der Waals surface area contributed by atoms with E-state index in [0.29, 0.717) is 0 Å². The van der Waals surface area contributed by atoms with Gasteiger partial charge >= 0.3 is 0 Å². The number of anilines is 2. The Balaban J connectivity index is 1.86. The molecule has 0 unspecified atom stereocenters. The Bertz CT molecular complexity index is 742. The van der Waals surface area contributed by atoms with Gasteiger partial charge in [-0.25, -0.2) is 0 Å². The minimum Gasteiger partial charge on any atom is -0.397 e. The minimum absolute atomic E-state index is 0.764. The Kier molecular flexibility index (Phi) is 3.32. The molecule has 1 aromatic carbocycles. The fraction of sp³-hybridized carbons (Fsp3) is 0.188. The molecule has 0 bridgehead atoms. The van der Waals surface area contributed by atoms with Gasteiger partial charge in [0.25, 0.3) is 0 Å². The second-order valence-corrected chi connectivity index (χ2v) is 6.24. The summed E-state index contributed by atoms with van der Waals surface area (Å²) in [6, 6.07) is 10.1. The molecule has 0 aliphatic heterocycles. The van der Waals surface area contributed by atoms with Crippen LogP contribution in [0.3, 0.4) is 0 Å². The van der Waals surface area contributed by atoms with Crippen molar-refractivity contribution in [3.8, 4) is 0 Å². The third kappa shape index (κ3) is 2.34. The van der Waals surface area contributed by atoms with Crippen LogP contribution in [0.15, 0.2) is 36.5 Å². The Labute approximate surface area is 122 Å². The summed E-state index contributed by atoms with van der Waals surface area (Å²) in [7, 11) is 0. The van der Waals surface area contributed by atoms with E-state index in [4.69, 9.17) is 5.73 Å². The van der Waals surface area contributed by atoms with Crippen LogP contribution in [0, 0.1) is 13.8 Å². The lowest BCUT2D eigenvalue weighted by molar-refractivity contribution is 1.19. The number of nitrogens with two attached hydrogens (primary N) is 1. The molecule has 0 saturated carbocycles. The molecule has 0 fully saturated rings. The van der Waals surface area contributed by atoms with Crippen molar-refractivity contribution in [2.75, 3.05) is 11.1 Å². The van der Waals surface area contributed by atoms with Gasteiger partial charge in [0.1, 0.15) is 0 Å². The van der Waals surface area contributed by atoms with E-state index in [1.54, 1.807) is 6.20 Å². The molecule has 0 aliphatic carbocycles. The average molecular weight is 283 g/mol. The molecule has 0 saturated heterocycles. The molecule has 0 spiro atoms.